The van der Waals surface area contributed by atoms with Crippen molar-refractivity contribution in [1.82, 2.24) is 0 Å². The van der Waals surface area contributed by atoms with Crippen molar-refractivity contribution in [2.75, 3.05) is 5.88 Å². The summed E-state index contributed by atoms with van der Waals surface area (Å²) in [6.07, 6.45) is 1.93. The molecule has 0 radical (unpaired) electrons. The lowest BCUT2D eigenvalue weighted by Crippen LogP contribution is -2.08. The van der Waals surface area contributed by atoms with Gasteiger partial charge in [-0.1, -0.05) is 6.92 Å². The Bertz CT molecular complexity index is 104. The van der Waals surface area contributed by atoms with Crippen molar-refractivity contribution in [3.63, 3.8) is 0 Å². The Labute approximate surface area is 71.7 Å². The van der Waals surface area contributed by atoms with Crippen molar-refractivity contribution in [2.24, 2.45) is 0 Å². The molecule has 0 saturated carbocycles. The van der Waals surface area contributed by atoms with Crippen LogP contribution in [0.15, 0.2) is 0 Å². The third-order valence-electron chi connectivity index (χ3n) is 1.15. The lowest BCUT2D eigenvalue weighted by atomic mass is 10.1. The lowest BCUT2D eigenvalue weighted by Gasteiger charge is -2.01. The van der Waals surface area contributed by atoms with Gasteiger partial charge in [-0.25, -0.2) is 0 Å². The molecule has 0 heterocycles. The van der Waals surface area contributed by atoms with E-state index in [1.807, 2.05) is 6.92 Å². The summed E-state index contributed by atoms with van der Waals surface area (Å²) in [6.45, 7) is 1.97. The number of carbonyl (C=O) groups is 1. The Morgan fingerprint density at radius 3 is 2.60 bits per heavy atom. The van der Waals surface area contributed by atoms with Crippen LogP contribution in [-0.4, -0.2) is 17.0 Å². The molecular weight excluding hydrogens is 171 g/mol. The Kier molecular flexibility index (Phi) is 6.14. The molecule has 3 heteroatoms. The molecule has 0 aromatic carbocycles. The second-order valence-electron chi connectivity index (χ2n) is 2.24. The molecule has 1 nitrogen and oxygen atoms in total. The second kappa shape index (κ2) is 5.99. The molecule has 10 heavy (non-hydrogen) atoms. The summed E-state index contributed by atoms with van der Waals surface area (Å²) in [5, 5.41) is -0.180. The number of rotatable bonds is 5. The van der Waals surface area contributed by atoms with Gasteiger partial charge >= 0.3 is 0 Å². The average molecular weight is 183 g/mol. The zero-order valence-electron chi connectivity index (χ0n) is 6.07. The van der Waals surface area contributed by atoms with Crippen molar-refractivity contribution in [3.05, 3.63) is 0 Å². The summed E-state index contributed by atoms with van der Waals surface area (Å²) >= 11 is 11.1. The third kappa shape index (κ3) is 5.07. The normalized spacial score (nSPS) is 13.1. The maximum absolute atomic E-state index is 10.9. The highest BCUT2D eigenvalue weighted by Gasteiger charge is 2.07. The van der Waals surface area contributed by atoms with E-state index in [1.165, 1.54) is 0 Å². The van der Waals surface area contributed by atoms with Gasteiger partial charge < -0.3 is 0 Å². The van der Waals surface area contributed by atoms with E-state index in [0.717, 1.165) is 6.42 Å². The van der Waals surface area contributed by atoms with E-state index < -0.39 is 0 Å². The predicted octanol–water partition coefficient (Wildman–Crippen LogP) is 2.59. The van der Waals surface area contributed by atoms with Crippen LogP contribution < -0.4 is 0 Å². The molecule has 0 spiro atoms. The second-order valence-corrected chi connectivity index (χ2v) is 3.17. The highest BCUT2D eigenvalue weighted by atomic mass is 35.5. The van der Waals surface area contributed by atoms with Crippen LogP contribution in [0.25, 0.3) is 0 Å². The fraction of sp³-hybridized carbons (Fsp3) is 0.857. The maximum atomic E-state index is 10.9. The first-order valence-corrected chi connectivity index (χ1v) is 4.39. The average Bonchev–Trinajstić information content (AvgIpc) is 1.88. The van der Waals surface area contributed by atoms with E-state index in [0.29, 0.717) is 18.7 Å². The van der Waals surface area contributed by atoms with Gasteiger partial charge in [0.15, 0.2) is 0 Å². The van der Waals surface area contributed by atoms with Crippen molar-refractivity contribution < 1.29 is 4.79 Å². The standard InChI is InChI=1S/C7H12Cl2O/c1-2-3-7(10)4-6(9)5-8/h6H,2-5H2,1H3. The fourth-order valence-electron chi connectivity index (χ4n) is 0.682. The van der Waals surface area contributed by atoms with Gasteiger partial charge in [-0.3, -0.25) is 4.79 Å². The molecule has 1 unspecified atom stereocenters. The number of hydrogen-bond donors (Lipinski definition) is 0. The minimum atomic E-state index is -0.180. The Hall–Kier alpha value is 0.250. The highest BCUT2D eigenvalue weighted by molar-refractivity contribution is 6.28. The van der Waals surface area contributed by atoms with Crippen LogP contribution in [0.2, 0.25) is 0 Å². The SMILES string of the molecule is CCCC(=O)CC(Cl)CCl. The van der Waals surface area contributed by atoms with Crippen molar-refractivity contribution in [2.45, 2.75) is 31.6 Å². The molecule has 60 valence electrons. The van der Waals surface area contributed by atoms with Gasteiger partial charge in [0.1, 0.15) is 5.78 Å². The highest BCUT2D eigenvalue weighted by Crippen LogP contribution is 2.07. The molecule has 1 atom stereocenters. The van der Waals surface area contributed by atoms with Crippen LogP contribution in [0.4, 0.5) is 0 Å². The molecule has 0 amide bonds. The molecule has 0 bridgehead atoms. The molecule has 0 aliphatic rings. The first-order valence-electron chi connectivity index (χ1n) is 3.42. The summed E-state index contributed by atoms with van der Waals surface area (Å²) < 4.78 is 0. The number of carbonyl (C=O) groups excluding carboxylic acids is 1. The number of alkyl halides is 2. The first kappa shape index (κ1) is 10.2. The van der Waals surface area contributed by atoms with Crippen LogP contribution in [-0.2, 0) is 4.79 Å². The molecule has 0 aliphatic heterocycles. The summed E-state index contributed by atoms with van der Waals surface area (Å²) in [7, 11) is 0. The largest absolute Gasteiger partial charge is 0.300 e. The van der Waals surface area contributed by atoms with Gasteiger partial charge in [0, 0.05) is 18.7 Å². The van der Waals surface area contributed by atoms with Crippen LogP contribution in [0, 0.1) is 0 Å². The smallest absolute Gasteiger partial charge is 0.134 e. The van der Waals surface area contributed by atoms with Crippen LogP contribution >= 0.6 is 23.2 Å². The van der Waals surface area contributed by atoms with Gasteiger partial charge in [-0.2, -0.15) is 0 Å². The number of Topliss-reactive ketones (excluding diaryl/α,β-unsaturated/α-hetero) is 1. The molecule has 0 fully saturated rings. The molecule has 0 rings (SSSR count). The third-order valence-corrected chi connectivity index (χ3v) is 1.98. The minimum Gasteiger partial charge on any atom is -0.300 e. The van der Waals surface area contributed by atoms with E-state index in [-0.39, 0.29) is 11.2 Å². The topological polar surface area (TPSA) is 17.1 Å². The number of ketones is 1. The fourth-order valence-corrected chi connectivity index (χ4v) is 0.964. The zero-order valence-corrected chi connectivity index (χ0v) is 7.58. The van der Waals surface area contributed by atoms with Crippen molar-refractivity contribution >= 4 is 29.0 Å². The Morgan fingerprint density at radius 2 is 2.20 bits per heavy atom. The van der Waals surface area contributed by atoms with Crippen molar-refractivity contribution in [1.29, 1.82) is 0 Å². The van der Waals surface area contributed by atoms with E-state index in [9.17, 15) is 4.79 Å². The van der Waals surface area contributed by atoms with E-state index in [4.69, 9.17) is 23.2 Å². The summed E-state index contributed by atoms with van der Waals surface area (Å²) in [4.78, 5) is 10.9. The van der Waals surface area contributed by atoms with Gasteiger partial charge in [0.25, 0.3) is 0 Å². The van der Waals surface area contributed by atoms with Gasteiger partial charge in [-0.05, 0) is 6.42 Å². The lowest BCUT2D eigenvalue weighted by molar-refractivity contribution is -0.119. The number of halogens is 2. The van der Waals surface area contributed by atoms with Crippen molar-refractivity contribution in [3.8, 4) is 0 Å². The maximum Gasteiger partial charge on any atom is 0.134 e. The quantitative estimate of drug-likeness (QED) is 0.598. The zero-order chi connectivity index (χ0) is 7.98. The van der Waals surface area contributed by atoms with Gasteiger partial charge in [0.2, 0.25) is 0 Å². The number of hydrogen-bond acceptors (Lipinski definition) is 1. The van der Waals surface area contributed by atoms with Gasteiger partial charge in [-0.15, -0.1) is 23.2 Å². The minimum absolute atomic E-state index is 0.180. The van der Waals surface area contributed by atoms with Crippen LogP contribution in [0.1, 0.15) is 26.2 Å². The molecule has 0 aromatic rings. The monoisotopic (exact) mass is 182 g/mol. The Morgan fingerprint density at radius 1 is 1.60 bits per heavy atom. The first-order chi connectivity index (χ1) is 4.70. The Balaban J connectivity index is 3.37. The summed E-state index contributed by atoms with van der Waals surface area (Å²) in [5.41, 5.74) is 0. The molecule has 0 saturated heterocycles. The predicted molar refractivity (Wildman–Crippen MR) is 44.9 cm³/mol. The molecular formula is C7H12Cl2O. The van der Waals surface area contributed by atoms with E-state index in [1.54, 1.807) is 0 Å². The summed E-state index contributed by atoms with van der Waals surface area (Å²) in [5.74, 6) is 0.569. The van der Waals surface area contributed by atoms with E-state index in [2.05, 4.69) is 0 Å². The van der Waals surface area contributed by atoms with Crippen LogP contribution in [0.3, 0.4) is 0 Å². The van der Waals surface area contributed by atoms with E-state index >= 15 is 0 Å². The van der Waals surface area contributed by atoms with Crippen LogP contribution in [0.5, 0.6) is 0 Å². The molecule has 0 aliphatic carbocycles. The molecule has 0 N–H and O–H groups in total. The summed E-state index contributed by atoms with van der Waals surface area (Å²) in [6, 6.07) is 0. The molecule has 0 aromatic heterocycles. The van der Waals surface area contributed by atoms with Gasteiger partial charge in [0.05, 0.1) is 5.38 Å².